The van der Waals surface area contributed by atoms with E-state index < -0.39 is 0 Å². The van der Waals surface area contributed by atoms with Crippen molar-refractivity contribution in [2.75, 3.05) is 6.61 Å². The fourth-order valence-electron chi connectivity index (χ4n) is 5.08. The second kappa shape index (κ2) is 10.5. The molecule has 180 valence electrons. The Hall–Kier alpha value is -3.37. The predicted octanol–water partition coefficient (Wildman–Crippen LogP) is 7.14. The third-order valence-electron chi connectivity index (χ3n) is 6.70. The number of fused-ring (bicyclic) bond motifs is 1. The number of carbonyl (C=O) groups excluding carboxylic acids is 1. The van der Waals surface area contributed by atoms with Gasteiger partial charge in [-0.05, 0) is 48.1 Å². The zero-order valence-electron chi connectivity index (χ0n) is 20.6. The number of nitrogens with zero attached hydrogens (tertiary/aromatic N) is 1. The van der Waals surface area contributed by atoms with Gasteiger partial charge >= 0.3 is 0 Å². The van der Waals surface area contributed by atoms with Gasteiger partial charge in [-0.3, -0.25) is 4.79 Å². The number of Topliss-reactive ketones (excluding diaryl/α,β-unsaturated/α-hetero) is 1. The summed E-state index contributed by atoms with van der Waals surface area (Å²) in [5.74, 6) is 1.08. The molecule has 0 spiro atoms. The van der Waals surface area contributed by atoms with Crippen molar-refractivity contribution >= 4 is 16.7 Å². The van der Waals surface area contributed by atoms with E-state index in [0.717, 1.165) is 65.9 Å². The predicted molar refractivity (Wildman–Crippen MR) is 140 cm³/mol. The second-order valence-corrected chi connectivity index (χ2v) is 9.67. The first-order chi connectivity index (χ1) is 17.1. The van der Waals surface area contributed by atoms with Crippen molar-refractivity contribution in [2.24, 2.45) is 0 Å². The van der Waals surface area contributed by atoms with Gasteiger partial charge in [-0.1, -0.05) is 74.5 Å². The van der Waals surface area contributed by atoms with Gasteiger partial charge in [0.25, 0.3) is 0 Å². The minimum atomic E-state index is -0.222. The van der Waals surface area contributed by atoms with Crippen LogP contribution in [0.1, 0.15) is 66.2 Å². The molecule has 1 aliphatic heterocycles. The number of aromatic nitrogens is 1. The number of ether oxygens (including phenoxy) is 2. The SMILES string of the molecule is CC(C)c1c(C(=O)Cc2ccccc2)c2cc(OC3CCCCO3)ccc2n1Cc1ccccc1. The van der Waals surface area contributed by atoms with Crippen molar-refractivity contribution in [3.05, 3.63) is 101 Å². The molecule has 3 aromatic carbocycles. The first kappa shape index (κ1) is 23.4. The highest BCUT2D eigenvalue weighted by Crippen LogP contribution is 2.36. The van der Waals surface area contributed by atoms with E-state index in [-0.39, 0.29) is 18.0 Å². The summed E-state index contributed by atoms with van der Waals surface area (Å²) in [6, 6.07) is 26.6. The van der Waals surface area contributed by atoms with E-state index in [1.54, 1.807) is 0 Å². The molecule has 4 nitrogen and oxygen atoms in total. The molecule has 1 fully saturated rings. The fourth-order valence-corrected chi connectivity index (χ4v) is 5.08. The summed E-state index contributed by atoms with van der Waals surface area (Å²) < 4.78 is 14.3. The highest BCUT2D eigenvalue weighted by molar-refractivity contribution is 6.10. The largest absolute Gasteiger partial charge is 0.465 e. The van der Waals surface area contributed by atoms with Crippen LogP contribution in [0.25, 0.3) is 10.9 Å². The van der Waals surface area contributed by atoms with Gasteiger partial charge in [0.05, 0.1) is 6.61 Å². The lowest BCUT2D eigenvalue weighted by Crippen LogP contribution is -2.24. The normalized spacial score (nSPS) is 16.0. The van der Waals surface area contributed by atoms with Crippen LogP contribution in [0, 0.1) is 0 Å². The molecule has 0 aliphatic carbocycles. The molecule has 0 amide bonds. The lowest BCUT2D eigenvalue weighted by atomic mass is 9.96. The number of ketones is 1. The Balaban J connectivity index is 1.61. The highest BCUT2D eigenvalue weighted by atomic mass is 16.7. The van der Waals surface area contributed by atoms with E-state index in [9.17, 15) is 4.79 Å². The average Bonchev–Trinajstić information content (AvgIpc) is 3.19. The van der Waals surface area contributed by atoms with Crippen molar-refractivity contribution in [1.82, 2.24) is 4.57 Å². The van der Waals surface area contributed by atoms with Gasteiger partial charge in [0.2, 0.25) is 0 Å². The maximum Gasteiger partial charge on any atom is 0.199 e. The Bertz CT molecular complexity index is 1290. The van der Waals surface area contributed by atoms with E-state index in [1.165, 1.54) is 5.56 Å². The minimum Gasteiger partial charge on any atom is -0.465 e. The number of hydrogen-bond donors (Lipinski definition) is 0. The molecule has 0 bridgehead atoms. The summed E-state index contributed by atoms with van der Waals surface area (Å²) in [5.41, 5.74) is 5.19. The molecule has 35 heavy (non-hydrogen) atoms. The first-order valence-corrected chi connectivity index (χ1v) is 12.7. The Morgan fingerprint density at radius 3 is 2.34 bits per heavy atom. The molecule has 0 N–H and O–H groups in total. The fraction of sp³-hybridized carbons (Fsp3) is 0.323. The Kier molecular flexibility index (Phi) is 7.01. The molecule has 1 atom stereocenters. The zero-order chi connectivity index (χ0) is 24.2. The Morgan fingerprint density at radius 1 is 0.971 bits per heavy atom. The third-order valence-corrected chi connectivity index (χ3v) is 6.70. The lowest BCUT2D eigenvalue weighted by molar-refractivity contribution is -0.105. The van der Waals surface area contributed by atoms with Crippen LogP contribution in [-0.4, -0.2) is 23.2 Å². The van der Waals surface area contributed by atoms with E-state index in [0.29, 0.717) is 6.42 Å². The van der Waals surface area contributed by atoms with Crippen LogP contribution in [0.15, 0.2) is 78.9 Å². The number of hydrogen-bond acceptors (Lipinski definition) is 3. The topological polar surface area (TPSA) is 40.5 Å². The van der Waals surface area contributed by atoms with Crippen LogP contribution >= 0.6 is 0 Å². The summed E-state index contributed by atoms with van der Waals surface area (Å²) in [5, 5.41) is 0.957. The van der Waals surface area contributed by atoms with Crippen molar-refractivity contribution in [3.8, 4) is 5.75 Å². The Morgan fingerprint density at radius 2 is 1.69 bits per heavy atom. The summed E-state index contributed by atoms with van der Waals surface area (Å²) in [7, 11) is 0. The smallest absolute Gasteiger partial charge is 0.199 e. The van der Waals surface area contributed by atoms with Crippen LogP contribution in [0.3, 0.4) is 0 Å². The number of rotatable bonds is 8. The van der Waals surface area contributed by atoms with Crippen molar-refractivity contribution in [3.63, 3.8) is 0 Å². The van der Waals surface area contributed by atoms with Crippen LogP contribution < -0.4 is 4.74 Å². The molecule has 1 saturated heterocycles. The van der Waals surface area contributed by atoms with Crippen molar-refractivity contribution < 1.29 is 14.3 Å². The molecule has 1 aliphatic rings. The standard InChI is InChI=1S/C31H33NO3/c1-22(2)31-30(28(33)19-23-11-5-3-6-12-23)26-20-25(35-29-15-9-10-18-34-29)16-17-27(26)32(31)21-24-13-7-4-8-14-24/h3-8,11-14,16-17,20,22,29H,9-10,15,18-19,21H2,1-2H3. The Labute approximate surface area is 207 Å². The molecule has 0 radical (unpaired) electrons. The number of benzene rings is 3. The average molecular weight is 468 g/mol. The van der Waals surface area contributed by atoms with Crippen LogP contribution in [0.4, 0.5) is 0 Å². The molecule has 1 aromatic heterocycles. The second-order valence-electron chi connectivity index (χ2n) is 9.67. The summed E-state index contributed by atoms with van der Waals surface area (Å²) in [6.45, 7) is 5.79. The van der Waals surface area contributed by atoms with Gasteiger partial charge in [0.1, 0.15) is 5.75 Å². The molecular formula is C31H33NO3. The summed E-state index contributed by atoms with van der Waals surface area (Å²) in [6.07, 6.45) is 3.24. The molecule has 2 heterocycles. The van der Waals surface area contributed by atoms with Gasteiger partial charge in [-0.15, -0.1) is 0 Å². The first-order valence-electron chi connectivity index (χ1n) is 12.7. The van der Waals surface area contributed by atoms with Gasteiger partial charge in [0.15, 0.2) is 12.1 Å². The lowest BCUT2D eigenvalue weighted by Gasteiger charge is -2.23. The number of carbonyl (C=O) groups is 1. The maximum absolute atomic E-state index is 13.8. The van der Waals surface area contributed by atoms with Crippen molar-refractivity contribution in [2.45, 2.75) is 58.3 Å². The van der Waals surface area contributed by atoms with Gasteiger partial charge in [-0.25, -0.2) is 0 Å². The molecule has 5 rings (SSSR count). The van der Waals surface area contributed by atoms with Crippen LogP contribution in [-0.2, 0) is 17.7 Å². The maximum atomic E-state index is 13.8. The molecule has 0 saturated carbocycles. The minimum absolute atomic E-state index is 0.141. The summed E-state index contributed by atoms with van der Waals surface area (Å²) in [4.78, 5) is 13.8. The molecule has 4 aromatic rings. The monoisotopic (exact) mass is 467 g/mol. The van der Waals surface area contributed by atoms with E-state index in [4.69, 9.17) is 9.47 Å². The van der Waals surface area contributed by atoms with Gasteiger partial charge in [0, 0.05) is 41.5 Å². The van der Waals surface area contributed by atoms with E-state index in [1.807, 2.05) is 48.5 Å². The van der Waals surface area contributed by atoms with Crippen LogP contribution in [0.5, 0.6) is 5.75 Å². The molecule has 4 heteroatoms. The third kappa shape index (κ3) is 5.18. The van der Waals surface area contributed by atoms with Gasteiger partial charge in [-0.2, -0.15) is 0 Å². The van der Waals surface area contributed by atoms with Crippen LogP contribution in [0.2, 0.25) is 0 Å². The van der Waals surface area contributed by atoms with E-state index >= 15 is 0 Å². The van der Waals surface area contributed by atoms with Gasteiger partial charge < -0.3 is 14.0 Å². The molecular weight excluding hydrogens is 434 g/mol. The highest BCUT2D eigenvalue weighted by Gasteiger charge is 2.25. The zero-order valence-corrected chi connectivity index (χ0v) is 20.6. The quantitative estimate of drug-likeness (QED) is 0.259. The van der Waals surface area contributed by atoms with E-state index in [2.05, 4.69) is 48.7 Å². The van der Waals surface area contributed by atoms with Crippen molar-refractivity contribution in [1.29, 1.82) is 0 Å². The summed E-state index contributed by atoms with van der Waals surface area (Å²) >= 11 is 0. The molecule has 1 unspecified atom stereocenters.